The van der Waals surface area contributed by atoms with Crippen LogP contribution in [0.5, 0.6) is 0 Å². The van der Waals surface area contributed by atoms with Crippen LogP contribution in [0.4, 0.5) is 26.3 Å². The molecule has 100 valence electrons. The Kier molecular flexibility index (Phi) is 5.03. The topological polar surface area (TPSA) is 26.3 Å². The fourth-order valence-corrected chi connectivity index (χ4v) is 1.13. The van der Waals surface area contributed by atoms with Gasteiger partial charge in [0.2, 0.25) is 5.76 Å². The molecule has 0 spiro atoms. The van der Waals surface area contributed by atoms with Gasteiger partial charge in [-0.15, -0.1) is 0 Å². The first kappa shape index (κ1) is 15.8. The number of rotatable bonds is 4. The van der Waals surface area contributed by atoms with Crippen molar-refractivity contribution in [2.75, 3.05) is 7.11 Å². The van der Waals surface area contributed by atoms with E-state index in [9.17, 15) is 31.1 Å². The Hall–Kier alpha value is -1.21. The number of ether oxygens (including phenoxy) is 1. The van der Waals surface area contributed by atoms with E-state index in [1.165, 1.54) is 6.92 Å². The second-order valence-corrected chi connectivity index (χ2v) is 3.08. The number of methoxy groups -OCH3 is 1. The molecule has 0 amide bonds. The first-order valence-electron chi connectivity index (χ1n) is 4.51. The Morgan fingerprint density at radius 3 is 1.76 bits per heavy atom. The molecule has 8 heteroatoms. The van der Waals surface area contributed by atoms with Gasteiger partial charge in [0.25, 0.3) is 0 Å². The van der Waals surface area contributed by atoms with Crippen LogP contribution < -0.4 is 0 Å². The lowest BCUT2D eigenvalue weighted by molar-refractivity contribution is -0.150. The second kappa shape index (κ2) is 5.42. The van der Waals surface area contributed by atoms with Crippen molar-refractivity contribution in [3.63, 3.8) is 0 Å². The van der Waals surface area contributed by atoms with E-state index in [1.807, 2.05) is 0 Å². The summed E-state index contributed by atoms with van der Waals surface area (Å²) in [5.41, 5.74) is -2.28. The lowest BCUT2D eigenvalue weighted by Crippen LogP contribution is -2.28. The van der Waals surface area contributed by atoms with Crippen LogP contribution in [0.3, 0.4) is 0 Å². The smallest absolute Gasteiger partial charge is 0.449 e. The van der Waals surface area contributed by atoms with Crippen molar-refractivity contribution in [2.45, 2.75) is 32.1 Å². The Labute approximate surface area is 93.2 Å². The fraction of sp³-hybridized carbons (Fsp3) is 0.667. The van der Waals surface area contributed by atoms with Gasteiger partial charge in [0.15, 0.2) is 5.78 Å². The molecular weight excluding hydrogens is 254 g/mol. The molecule has 0 aromatic carbocycles. The molecule has 0 atom stereocenters. The molecule has 2 nitrogen and oxygen atoms in total. The number of ketones is 1. The van der Waals surface area contributed by atoms with Gasteiger partial charge in [-0.1, -0.05) is 6.92 Å². The van der Waals surface area contributed by atoms with Gasteiger partial charge in [-0.05, 0) is 6.42 Å². The van der Waals surface area contributed by atoms with Crippen LogP contribution in [0.1, 0.15) is 19.8 Å². The molecule has 0 N–H and O–H groups in total. The van der Waals surface area contributed by atoms with E-state index in [2.05, 4.69) is 4.74 Å². The molecule has 0 aliphatic heterocycles. The van der Waals surface area contributed by atoms with Gasteiger partial charge >= 0.3 is 12.4 Å². The van der Waals surface area contributed by atoms with Crippen LogP contribution in [0, 0.1) is 0 Å². The van der Waals surface area contributed by atoms with Crippen molar-refractivity contribution in [2.24, 2.45) is 0 Å². The number of carbonyl (C=O) groups is 1. The first-order chi connectivity index (χ1) is 7.55. The number of alkyl halides is 6. The summed E-state index contributed by atoms with van der Waals surface area (Å²) in [6.07, 6.45) is -11.4. The van der Waals surface area contributed by atoms with E-state index in [0.717, 1.165) is 0 Å². The van der Waals surface area contributed by atoms with E-state index < -0.39 is 35.9 Å². The highest BCUT2D eigenvalue weighted by Gasteiger charge is 2.49. The maximum absolute atomic E-state index is 12.4. The molecule has 0 heterocycles. The van der Waals surface area contributed by atoms with Gasteiger partial charge in [0.05, 0.1) is 7.11 Å². The Morgan fingerprint density at radius 2 is 1.53 bits per heavy atom. The van der Waals surface area contributed by atoms with Crippen molar-refractivity contribution in [3.05, 3.63) is 11.3 Å². The number of allylic oxidation sites excluding steroid dienone is 2. The zero-order valence-corrected chi connectivity index (χ0v) is 9.00. The molecule has 0 aliphatic rings. The minimum Gasteiger partial charge on any atom is -0.492 e. The largest absolute Gasteiger partial charge is 0.492 e. The third-order valence-corrected chi connectivity index (χ3v) is 1.73. The molecule has 0 aromatic heterocycles. The highest BCUT2D eigenvalue weighted by molar-refractivity contribution is 5.97. The quantitative estimate of drug-likeness (QED) is 0.442. The molecule has 0 unspecified atom stereocenters. The molecule has 17 heavy (non-hydrogen) atoms. The molecule has 0 aromatic rings. The van der Waals surface area contributed by atoms with Gasteiger partial charge in [0.1, 0.15) is 5.57 Å². The number of hydrogen-bond acceptors (Lipinski definition) is 2. The van der Waals surface area contributed by atoms with Crippen LogP contribution in [-0.4, -0.2) is 25.2 Å². The van der Waals surface area contributed by atoms with E-state index in [4.69, 9.17) is 0 Å². The molecule has 0 bridgehead atoms. The summed E-state index contributed by atoms with van der Waals surface area (Å²) in [5.74, 6) is -3.93. The molecule has 0 saturated heterocycles. The van der Waals surface area contributed by atoms with Crippen LogP contribution >= 0.6 is 0 Å². The Balaban J connectivity index is 5.74. The highest BCUT2D eigenvalue weighted by atomic mass is 19.4. The zero-order chi connectivity index (χ0) is 13.9. The van der Waals surface area contributed by atoms with E-state index in [0.29, 0.717) is 7.11 Å². The number of carbonyl (C=O) groups excluding carboxylic acids is 1. The summed E-state index contributed by atoms with van der Waals surface area (Å²) in [6.45, 7) is 1.38. The Morgan fingerprint density at radius 1 is 1.06 bits per heavy atom. The second-order valence-electron chi connectivity index (χ2n) is 3.08. The SMILES string of the molecule is CCCC(=O)/C(=C(\OC)C(F)(F)F)C(F)(F)F. The summed E-state index contributed by atoms with van der Waals surface area (Å²) in [4.78, 5) is 11.1. The standard InChI is InChI=1S/C9H10F6O2/c1-3-4-5(16)6(8(10,11)12)7(17-2)9(13,14)15/h3-4H2,1-2H3/b7-6+. The lowest BCUT2D eigenvalue weighted by Gasteiger charge is -2.17. The molecule has 0 fully saturated rings. The van der Waals surface area contributed by atoms with Crippen molar-refractivity contribution in [1.29, 1.82) is 0 Å². The van der Waals surface area contributed by atoms with Gasteiger partial charge in [-0.2, -0.15) is 26.3 Å². The van der Waals surface area contributed by atoms with Gasteiger partial charge < -0.3 is 4.74 Å². The summed E-state index contributed by atoms with van der Waals surface area (Å²) >= 11 is 0. The minimum absolute atomic E-state index is 0.00721. The monoisotopic (exact) mass is 264 g/mol. The van der Waals surface area contributed by atoms with Crippen LogP contribution in [-0.2, 0) is 9.53 Å². The van der Waals surface area contributed by atoms with Crippen LogP contribution in [0.2, 0.25) is 0 Å². The molecule has 0 saturated carbocycles. The number of hydrogen-bond donors (Lipinski definition) is 0. The normalized spacial score (nSPS) is 14.4. The van der Waals surface area contributed by atoms with Gasteiger partial charge in [-0.3, -0.25) is 4.79 Å². The number of halogens is 6. The maximum atomic E-state index is 12.4. The fourth-order valence-electron chi connectivity index (χ4n) is 1.13. The van der Waals surface area contributed by atoms with Crippen molar-refractivity contribution in [1.82, 2.24) is 0 Å². The van der Waals surface area contributed by atoms with Crippen molar-refractivity contribution in [3.8, 4) is 0 Å². The molecule has 0 radical (unpaired) electrons. The first-order valence-corrected chi connectivity index (χ1v) is 4.51. The van der Waals surface area contributed by atoms with Crippen molar-refractivity contribution >= 4 is 5.78 Å². The van der Waals surface area contributed by atoms with Crippen LogP contribution in [0.15, 0.2) is 11.3 Å². The predicted octanol–water partition coefficient (Wildman–Crippen LogP) is 3.38. The summed E-state index contributed by atoms with van der Waals surface area (Å²) in [7, 11) is 0.438. The molecule has 0 aliphatic carbocycles. The lowest BCUT2D eigenvalue weighted by atomic mass is 10.1. The van der Waals surface area contributed by atoms with E-state index in [1.54, 1.807) is 0 Å². The van der Waals surface area contributed by atoms with Crippen LogP contribution in [0.25, 0.3) is 0 Å². The average Bonchev–Trinajstić information content (AvgIpc) is 2.09. The van der Waals surface area contributed by atoms with Gasteiger partial charge in [-0.25, -0.2) is 0 Å². The summed E-state index contributed by atoms with van der Waals surface area (Å²) in [5, 5.41) is 0. The van der Waals surface area contributed by atoms with Gasteiger partial charge in [0, 0.05) is 6.42 Å². The highest BCUT2D eigenvalue weighted by Crippen LogP contribution is 2.37. The third-order valence-electron chi connectivity index (χ3n) is 1.73. The summed E-state index contributed by atoms with van der Waals surface area (Å²) in [6, 6.07) is 0. The molecule has 0 rings (SSSR count). The predicted molar refractivity (Wildman–Crippen MR) is 46.1 cm³/mol. The third kappa shape index (κ3) is 4.27. The number of Topliss-reactive ketones (excluding diaryl/α,β-unsaturated/α-hetero) is 1. The maximum Gasteiger partial charge on any atom is 0.449 e. The van der Waals surface area contributed by atoms with E-state index >= 15 is 0 Å². The average molecular weight is 264 g/mol. The molecular formula is C9H10F6O2. The minimum atomic E-state index is -5.40. The summed E-state index contributed by atoms with van der Waals surface area (Å²) < 4.78 is 77.7. The van der Waals surface area contributed by atoms with E-state index in [-0.39, 0.29) is 6.42 Å². The zero-order valence-electron chi connectivity index (χ0n) is 9.00. The Bertz CT molecular complexity index is 312. The van der Waals surface area contributed by atoms with Crippen molar-refractivity contribution < 1.29 is 35.9 Å².